The number of carbonyl (C=O) groups excluding carboxylic acids is 1. The Bertz CT molecular complexity index is 856. The van der Waals surface area contributed by atoms with Gasteiger partial charge in [-0.05, 0) is 44.5 Å². The number of benzene rings is 1. The smallest absolute Gasteiger partial charge is 0.410 e. The van der Waals surface area contributed by atoms with Crippen molar-refractivity contribution in [3.05, 3.63) is 42.1 Å². The first kappa shape index (κ1) is 21.5. The highest BCUT2D eigenvalue weighted by Gasteiger charge is 2.27. The van der Waals surface area contributed by atoms with E-state index in [9.17, 15) is 4.79 Å². The van der Waals surface area contributed by atoms with Crippen molar-refractivity contribution in [3.63, 3.8) is 0 Å². The van der Waals surface area contributed by atoms with Crippen molar-refractivity contribution in [1.29, 1.82) is 0 Å². The molecule has 2 aromatic rings. The van der Waals surface area contributed by atoms with Gasteiger partial charge in [-0.25, -0.2) is 9.78 Å². The summed E-state index contributed by atoms with van der Waals surface area (Å²) in [6.45, 7) is 8.38. The van der Waals surface area contributed by atoms with Crippen LogP contribution in [0, 0.1) is 0 Å². The number of carbonyl (C=O) groups is 1. The first-order valence-corrected chi connectivity index (χ1v) is 9.99. The average molecular weight is 415 g/mol. The molecule has 8 nitrogen and oxygen atoms in total. The van der Waals surface area contributed by atoms with Crippen LogP contribution in [0.5, 0.6) is 11.6 Å². The molecule has 1 aromatic carbocycles. The molecule has 8 heteroatoms. The van der Waals surface area contributed by atoms with Gasteiger partial charge in [-0.1, -0.05) is 12.1 Å². The molecule has 2 heterocycles. The van der Waals surface area contributed by atoms with Gasteiger partial charge in [0.15, 0.2) is 0 Å². The molecule has 0 unspecified atom stereocenters. The minimum absolute atomic E-state index is 0.288. The number of methoxy groups -OCH3 is 1. The molecular formula is C22H30N4O4. The van der Waals surface area contributed by atoms with E-state index in [0.717, 1.165) is 17.0 Å². The van der Waals surface area contributed by atoms with Gasteiger partial charge in [-0.3, -0.25) is 0 Å². The average Bonchev–Trinajstić information content (AvgIpc) is 2.72. The Morgan fingerprint density at radius 3 is 2.40 bits per heavy atom. The Hall–Kier alpha value is -3.16. The molecule has 1 aliphatic rings. The molecule has 2 N–H and O–H groups in total. The van der Waals surface area contributed by atoms with Crippen molar-refractivity contribution in [1.82, 2.24) is 9.88 Å². The standard InChI is InChI=1S/C22H30N4O4/c1-22(2,3)30-21(27)26-11-9-25(10-12-26)19-13-17(23)14-24-20(19)29-15-16-5-7-18(28-4)8-6-16/h5-8,13-14H,9-12,15,23H2,1-4H3. The summed E-state index contributed by atoms with van der Waals surface area (Å²) < 4.78 is 16.6. The molecule has 0 bridgehead atoms. The fraction of sp³-hybridized carbons (Fsp3) is 0.455. The molecule has 0 aliphatic carbocycles. The fourth-order valence-corrected chi connectivity index (χ4v) is 3.12. The van der Waals surface area contributed by atoms with Crippen LogP contribution in [0.3, 0.4) is 0 Å². The predicted octanol–water partition coefficient (Wildman–Crippen LogP) is 3.31. The van der Waals surface area contributed by atoms with Crippen molar-refractivity contribution < 1.29 is 19.0 Å². The summed E-state index contributed by atoms with van der Waals surface area (Å²) in [5.41, 5.74) is 7.87. The molecule has 30 heavy (non-hydrogen) atoms. The van der Waals surface area contributed by atoms with Crippen molar-refractivity contribution in [2.45, 2.75) is 33.0 Å². The van der Waals surface area contributed by atoms with Gasteiger partial charge in [-0.15, -0.1) is 0 Å². The van der Waals surface area contributed by atoms with Crippen LogP contribution >= 0.6 is 0 Å². The highest BCUT2D eigenvalue weighted by atomic mass is 16.6. The van der Waals surface area contributed by atoms with Crippen molar-refractivity contribution in [2.24, 2.45) is 0 Å². The van der Waals surface area contributed by atoms with E-state index < -0.39 is 5.60 Å². The van der Waals surface area contributed by atoms with E-state index in [1.54, 1.807) is 18.2 Å². The van der Waals surface area contributed by atoms with Gasteiger partial charge in [0.25, 0.3) is 0 Å². The van der Waals surface area contributed by atoms with Crippen LogP contribution in [0.15, 0.2) is 36.5 Å². The van der Waals surface area contributed by atoms with Gasteiger partial charge in [0.1, 0.15) is 23.6 Å². The zero-order chi connectivity index (χ0) is 21.7. The van der Waals surface area contributed by atoms with E-state index >= 15 is 0 Å². The lowest BCUT2D eigenvalue weighted by atomic mass is 10.2. The van der Waals surface area contributed by atoms with Gasteiger partial charge in [0, 0.05) is 26.2 Å². The van der Waals surface area contributed by atoms with Crippen LogP contribution in [0.25, 0.3) is 0 Å². The quantitative estimate of drug-likeness (QED) is 0.803. The number of ether oxygens (including phenoxy) is 3. The number of hydrogen-bond donors (Lipinski definition) is 1. The monoisotopic (exact) mass is 414 g/mol. The topological polar surface area (TPSA) is 90.2 Å². The molecule has 0 radical (unpaired) electrons. The first-order chi connectivity index (χ1) is 14.2. The SMILES string of the molecule is COc1ccc(COc2ncc(N)cc2N2CCN(C(=O)OC(C)(C)C)CC2)cc1. The van der Waals surface area contributed by atoms with E-state index in [-0.39, 0.29) is 6.09 Å². The molecule has 0 atom stereocenters. The predicted molar refractivity (Wildman–Crippen MR) is 116 cm³/mol. The molecule has 0 saturated carbocycles. The number of nitrogen functional groups attached to an aromatic ring is 1. The molecule has 1 saturated heterocycles. The molecule has 162 valence electrons. The van der Waals surface area contributed by atoms with Crippen LogP contribution in [0.4, 0.5) is 16.2 Å². The maximum atomic E-state index is 12.3. The minimum Gasteiger partial charge on any atom is -0.497 e. The lowest BCUT2D eigenvalue weighted by Crippen LogP contribution is -2.50. The molecule has 0 spiro atoms. The van der Waals surface area contributed by atoms with E-state index in [4.69, 9.17) is 19.9 Å². The zero-order valence-electron chi connectivity index (χ0n) is 18.1. The van der Waals surface area contributed by atoms with Gasteiger partial charge >= 0.3 is 6.09 Å². The van der Waals surface area contributed by atoms with Gasteiger partial charge < -0.3 is 29.7 Å². The maximum Gasteiger partial charge on any atom is 0.410 e. The number of rotatable bonds is 5. The van der Waals surface area contributed by atoms with Crippen molar-refractivity contribution in [3.8, 4) is 11.6 Å². The number of piperazine rings is 1. The highest BCUT2D eigenvalue weighted by Crippen LogP contribution is 2.30. The largest absolute Gasteiger partial charge is 0.497 e. The Morgan fingerprint density at radius 2 is 1.80 bits per heavy atom. The number of amides is 1. The summed E-state index contributed by atoms with van der Waals surface area (Å²) in [6, 6.07) is 9.56. The van der Waals surface area contributed by atoms with Crippen LogP contribution in [0.2, 0.25) is 0 Å². The van der Waals surface area contributed by atoms with Gasteiger partial charge in [0.05, 0.1) is 19.0 Å². The third kappa shape index (κ3) is 5.68. The van der Waals surface area contributed by atoms with Crippen LogP contribution in [-0.2, 0) is 11.3 Å². The molecule has 1 aromatic heterocycles. The molecule has 1 amide bonds. The van der Waals surface area contributed by atoms with Crippen LogP contribution in [0.1, 0.15) is 26.3 Å². The van der Waals surface area contributed by atoms with E-state index in [2.05, 4.69) is 9.88 Å². The number of nitrogens with zero attached hydrogens (tertiary/aromatic N) is 3. The fourth-order valence-electron chi connectivity index (χ4n) is 3.12. The second-order valence-corrected chi connectivity index (χ2v) is 8.18. The van der Waals surface area contributed by atoms with Gasteiger partial charge in [-0.2, -0.15) is 0 Å². The number of aromatic nitrogens is 1. The number of anilines is 2. The number of nitrogens with two attached hydrogens (primary N) is 1. The van der Waals surface area contributed by atoms with E-state index in [1.165, 1.54) is 0 Å². The molecular weight excluding hydrogens is 384 g/mol. The minimum atomic E-state index is -0.505. The molecule has 1 aliphatic heterocycles. The second-order valence-electron chi connectivity index (χ2n) is 8.18. The zero-order valence-corrected chi connectivity index (χ0v) is 18.1. The lowest BCUT2D eigenvalue weighted by Gasteiger charge is -2.37. The highest BCUT2D eigenvalue weighted by molar-refractivity contribution is 5.69. The Kier molecular flexibility index (Phi) is 6.54. The number of pyridine rings is 1. The summed E-state index contributed by atoms with van der Waals surface area (Å²) in [5.74, 6) is 1.32. The summed E-state index contributed by atoms with van der Waals surface area (Å²) in [6.07, 6.45) is 1.30. The van der Waals surface area contributed by atoms with Crippen LogP contribution in [-0.4, -0.2) is 54.9 Å². The Balaban J connectivity index is 1.64. The van der Waals surface area contributed by atoms with E-state index in [1.807, 2.05) is 51.1 Å². The molecule has 3 rings (SSSR count). The van der Waals surface area contributed by atoms with E-state index in [0.29, 0.717) is 44.4 Å². The summed E-state index contributed by atoms with van der Waals surface area (Å²) in [4.78, 5) is 20.5. The summed E-state index contributed by atoms with van der Waals surface area (Å²) >= 11 is 0. The first-order valence-electron chi connectivity index (χ1n) is 9.99. The Labute approximate surface area is 177 Å². The normalized spacial score (nSPS) is 14.4. The van der Waals surface area contributed by atoms with Crippen LogP contribution < -0.4 is 20.1 Å². The van der Waals surface area contributed by atoms with Gasteiger partial charge in [0.2, 0.25) is 5.88 Å². The summed E-state index contributed by atoms with van der Waals surface area (Å²) in [7, 11) is 1.64. The summed E-state index contributed by atoms with van der Waals surface area (Å²) in [5, 5.41) is 0. The maximum absolute atomic E-state index is 12.3. The van der Waals surface area contributed by atoms with Crippen molar-refractivity contribution >= 4 is 17.5 Å². The van der Waals surface area contributed by atoms with Crippen molar-refractivity contribution in [2.75, 3.05) is 43.9 Å². The third-order valence-electron chi connectivity index (χ3n) is 4.66. The molecule has 1 fully saturated rings. The third-order valence-corrected chi connectivity index (χ3v) is 4.66. The Morgan fingerprint density at radius 1 is 1.13 bits per heavy atom. The second kappa shape index (κ2) is 9.11. The lowest BCUT2D eigenvalue weighted by molar-refractivity contribution is 0.0240. The number of hydrogen-bond acceptors (Lipinski definition) is 7.